The van der Waals surface area contributed by atoms with Crippen LogP contribution in [0.4, 0.5) is 5.69 Å². The van der Waals surface area contributed by atoms with E-state index in [1.54, 1.807) is 42.0 Å². The van der Waals surface area contributed by atoms with Crippen LogP contribution in [0.15, 0.2) is 52.7 Å². The summed E-state index contributed by atoms with van der Waals surface area (Å²) in [4.78, 5) is 3.83. The van der Waals surface area contributed by atoms with E-state index in [1.165, 1.54) is 25.5 Å². The number of hydrogen-bond acceptors (Lipinski definition) is 8. The Kier molecular flexibility index (Phi) is 6.97. The number of fused-ring (bicyclic) bond motifs is 1. The number of hydrazone groups is 1. The molecule has 0 aliphatic heterocycles. The van der Waals surface area contributed by atoms with Crippen molar-refractivity contribution in [2.75, 3.05) is 46.2 Å². The van der Waals surface area contributed by atoms with Crippen molar-refractivity contribution in [1.82, 2.24) is 18.9 Å². The first-order valence-electron chi connectivity index (χ1n) is 9.98. The molecule has 11 heteroatoms. The van der Waals surface area contributed by atoms with Crippen LogP contribution in [-0.4, -0.2) is 74.8 Å². The van der Waals surface area contributed by atoms with E-state index in [0.29, 0.717) is 28.9 Å². The number of nitrogens with zero attached hydrogens (tertiary/aromatic N) is 8. The Balaban J connectivity index is 1.96. The highest BCUT2D eigenvalue weighted by atomic mass is 32.2. The van der Waals surface area contributed by atoms with E-state index in [-0.39, 0.29) is 10.5 Å². The van der Waals surface area contributed by atoms with Gasteiger partial charge in [-0.05, 0) is 44.4 Å². The molecule has 33 heavy (non-hydrogen) atoms. The normalized spacial score (nSPS) is 11.6. The van der Waals surface area contributed by atoms with Crippen molar-refractivity contribution in [1.29, 1.82) is 10.5 Å². The molecule has 0 fully saturated rings. The molecule has 2 heterocycles. The quantitative estimate of drug-likeness (QED) is 0.368. The Hall–Kier alpha value is -3.93. The number of benzene rings is 1. The summed E-state index contributed by atoms with van der Waals surface area (Å²) in [6.07, 6.45) is 4.57. The van der Waals surface area contributed by atoms with Crippen molar-refractivity contribution in [2.45, 2.75) is 4.90 Å². The number of nitriles is 2. The molecule has 2 aromatic heterocycles. The van der Waals surface area contributed by atoms with Gasteiger partial charge in [0, 0.05) is 38.9 Å². The van der Waals surface area contributed by atoms with Gasteiger partial charge in [0.05, 0.1) is 46.9 Å². The number of rotatable bonds is 8. The minimum absolute atomic E-state index is 0.00547. The summed E-state index contributed by atoms with van der Waals surface area (Å²) in [5, 5.41) is 26.7. The maximum absolute atomic E-state index is 13.4. The summed E-state index contributed by atoms with van der Waals surface area (Å²) in [5.74, 6) is 0. The molecule has 0 saturated carbocycles. The summed E-state index contributed by atoms with van der Waals surface area (Å²) >= 11 is 0. The second-order valence-corrected chi connectivity index (χ2v) is 9.58. The highest BCUT2D eigenvalue weighted by molar-refractivity contribution is 7.89. The Morgan fingerprint density at radius 1 is 1.06 bits per heavy atom. The highest BCUT2D eigenvalue weighted by Gasteiger charge is 2.25. The van der Waals surface area contributed by atoms with Crippen LogP contribution in [0.5, 0.6) is 0 Å². The van der Waals surface area contributed by atoms with Gasteiger partial charge in [0.1, 0.15) is 4.90 Å². The van der Waals surface area contributed by atoms with E-state index >= 15 is 0 Å². The maximum atomic E-state index is 13.4. The van der Waals surface area contributed by atoms with Crippen LogP contribution in [-0.2, 0) is 10.0 Å². The van der Waals surface area contributed by atoms with Gasteiger partial charge in [-0.15, -0.1) is 0 Å². The summed E-state index contributed by atoms with van der Waals surface area (Å²) in [5.41, 5.74) is 2.36. The van der Waals surface area contributed by atoms with Crippen LogP contribution in [0.25, 0.3) is 5.52 Å². The zero-order valence-electron chi connectivity index (χ0n) is 18.8. The maximum Gasteiger partial charge on any atom is 0.280 e. The minimum Gasteiger partial charge on any atom is -0.372 e. The Bertz CT molecular complexity index is 1380. The van der Waals surface area contributed by atoms with Gasteiger partial charge in [-0.2, -0.15) is 33.6 Å². The molecule has 10 nitrogen and oxygen atoms in total. The number of likely N-dealkylation sites (N-methyl/N-ethyl adjacent to an activating group) is 2. The lowest BCUT2D eigenvalue weighted by molar-refractivity contribution is 0.416. The van der Waals surface area contributed by atoms with Crippen molar-refractivity contribution in [3.05, 3.63) is 59.4 Å². The molecule has 0 saturated heterocycles. The molecule has 0 atom stereocenters. The first-order valence-corrected chi connectivity index (χ1v) is 11.4. The SMILES string of the molecule is CN(C)CCN(C)c1ccc(C#N)cc1S(=O)(=O)N(C)N=Cc1cnn2ccc(C#N)cc12. The molecule has 0 aliphatic rings. The topological polar surface area (TPSA) is 121 Å². The van der Waals surface area contributed by atoms with E-state index in [2.05, 4.69) is 16.3 Å². The van der Waals surface area contributed by atoms with Gasteiger partial charge in [0.2, 0.25) is 0 Å². The van der Waals surface area contributed by atoms with Gasteiger partial charge in [-0.25, -0.2) is 4.52 Å². The van der Waals surface area contributed by atoms with Crippen LogP contribution >= 0.6 is 0 Å². The van der Waals surface area contributed by atoms with Crippen LogP contribution in [0.2, 0.25) is 0 Å². The molecule has 1 aromatic carbocycles. The van der Waals surface area contributed by atoms with Crippen LogP contribution in [0.3, 0.4) is 0 Å². The lowest BCUT2D eigenvalue weighted by atomic mass is 10.2. The highest BCUT2D eigenvalue weighted by Crippen LogP contribution is 2.28. The first-order chi connectivity index (χ1) is 15.7. The zero-order chi connectivity index (χ0) is 24.2. The summed E-state index contributed by atoms with van der Waals surface area (Å²) in [6.45, 7) is 1.32. The molecule has 3 aromatic rings. The number of pyridine rings is 1. The van der Waals surface area contributed by atoms with Crippen LogP contribution in [0.1, 0.15) is 16.7 Å². The van der Waals surface area contributed by atoms with Gasteiger partial charge in [-0.1, -0.05) is 0 Å². The van der Waals surface area contributed by atoms with Gasteiger partial charge in [-0.3, -0.25) is 0 Å². The van der Waals surface area contributed by atoms with Gasteiger partial charge in [0.15, 0.2) is 0 Å². The number of sulfonamides is 1. The molecule has 0 bridgehead atoms. The Labute approximate surface area is 193 Å². The van der Waals surface area contributed by atoms with Gasteiger partial charge < -0.3 is 9.80 Å². The average molecular weight is 465 g/mol. The lowest BCUT2D eigenvalue weighted by Crippen LogP contribution is -2.31. The molecule has 0 aliphatic carbocycles. The summed E-state index contributed by atoms with van der Waals surface area (Å²) < 4.78 is 29.2. The predicted octanol–water partition coefficient (Wildman–Crippen LogP) is 1.73. The van der Waals surface area contributed by atoms with Crippen molar-refractivity contribution in [3.8, 4) is 12.1 Å². The smallest absolute Gasteiger partial charge is 0.280 e. The number of hydrogen-bond donors (Lipinski definition) is 0. The first kappa shape index (κ1) is 23.7. The number of anilines is 1. The lowest BCUT2D eigenvalue weighted by Gasteiger charge is -2.25. The largest absolute Gasteiger partial charge is 0.372 e. The van der Waals surface area contributed by atoms with E-state index in [1.807, 2.05) is 30.0 Å². The molecular weight excluding hydrogens is 440 g/mol. The van der Waals surface area contributed by atoms with Crippen LogP contribution in [0, 0.1) is 22.7 Å². The van der Waals surface area contributed by atoms with E-state index in [0.717, 1.165) is 11.0 Å². The van der Waals surface area contributed by atoms with Crippen molar-refractivity contribution in [2.24, 2.45) is 5.10 Å². The third kappa shape index (κ3) is 5.12. The average Bonchev–Trinajstić information content (AvgIpc) is 3.22. The third-order valence-corrected chi connectivity index (χ3v) is 6.72. The third-order valence-electron chi connectivity index (χ3n) is 5.05. The standard InChI is InChI=1S/C22H24N8O2S/c1-27(2)9-10-28(3)20-6-5-17(13-23)12-22(20)33(31,32)29(4)25-15-19-16-26-30-8-7-18(14-24)11-21(19)30/h5-8,11-12,15-16H,9-10H2,1-4H3. The monoisotopic (exact) mass is 464 g/mol. The molecule has 0 unspecified atom stereocenters. The minimum atomic E-state index is -4.06. The fraction of sp³-hybridized carbons (Fsp3) is 0.273. The van der Waals surface area contributed by atoms with Crippen molar-refractivity contribution >= 4 is 27.4 Å². The molecule has 0 radical (unpaired) electrons. The molecule has 3 rings (SSSR count). The Morgan fingerprint density at radius 2 is 1.76 bits per heavy atom. The van der Waals surface area contributed by atoms with Crippen molar-refractivity contribution < 1.29 is 8.42 Å². The number of aromatic nitrogens is 2. The molecular formula is C22H24N8O2S. The van der Waals surface area contributed by atoms with Crippen LogP contribution < -0.4 is 4.90 Å². The fourth-order valence-electron chi connectivity index (χ4n) is 3.09. The molecule has 170 valence electrons. The molecule has 0 amide bonds. The van der Waals surface area contributed by atoms with Gasteiger partial charge in [0.25, 0.3) is 10.0 Å². The van der Waals surface area contributed by atoms with Crippen molar-refractivity contribution in [3.63, 3.8) is 0 Å². The fourth-order valence-corrected chi connectivity index (χ4v) is 4.31. The molecule has 0 spiro atoms. The van der Waals surface area contributed by atoms with Gasteiger partial charge >= 0.3 is 0 Å². The summed E-state index contributed by atoms with van der Waals surface area (Å²) in [6, 6.07) is 11.9. The zero-order valence-corrected chi connectivity index (χ0v) is 19.7. The van der Waals surface area contributed by atoms with E-state index < -0.39 is 10.0 Å². The van der Waals surface area contributed by atoms with E-state index in [4.69, 9.17) is 5.26 Å². The van der Waals surface area contributed by atoms with E-state index in [9.17, 15) is 13.7 Å². The molecule has 0 N–H and O–H groups in total. The second-order valence-electron chi connectivity index (χ2n) is 7.66. The second kappa shape index (κ2) is 9.69. The predicted molar refractivity (Wildman–Crippen MR) is 125 cm³/mol. The Morgan fingerprint density at radius 3 is 2.42 bits per heavy atom. The summed E-state index contributed by atoms with van der Waals surface area (Å²) in [7, 11) is 2.96.